The number of carbonyl (C=O) groups is 1. The van der Waals surface area contributed by atoms with Crippen molar-refractivity contribution >= 4 is 46.4 Å². The number of hydrogen-bond donors (Lipinski definition) is 2. The maximum Gasteiger partial charge on any atom is 0.250 e. The number of amides is 1. The fraction of sp³-hybridized carbons (Fsp3) is 0.429. The normalized spacial score (nSPS) is 29.4. The number of pyridine rings is 1. The SMILES string of the molecule is O=C1Nc2cc(Cl)ccc2[C@@]12[C@@H](c1cc(Cl)nc(Cl)c1)[C@H]([N+](=O)[O-])[C@H](CO)N2CC1CC1. The monoisotopic (exact) mass is 496 g/mol. The van der Waals surface area contributed by atoms with Gasteiger partial charge in [0.25, 0.3) is 5.91 Å². The third-order valence-corrected chi connectivity index (χ3v) is 7.37. The van der Waals surface area contributed by atoms with E-state index in [1.54, 1.807) is 18.2 Å². The number of hydrogen-bond acceptors (Lipinski definition) is 6. The van der Waals surface area contributed by atoms with Crippen molar-refractivity contribution in [2.45, 2.75) is 36.4 Å². The molecule has 1 aromatic heterocycles. The van der Waals surface area contributed by atoms with E-state index in [1.807, 2.05) is 4.90 Å². The average Bonchev–Trinajstić information content (AvgIpc) is 3.42. The number of anilines is 1. The molecular formula is C21H19Cl3N4O4. The number of rotatable bonds is 5. The van der Waals surface area contributed by atoms with Crippen LogP contribution in [0.15, 0.2) is 30.3 Å². The van der Waals surface area contributed by atoms with Gasteiger partial charge in [-0.1, -0.05) is 40.9 Å². The lowest BCUT2D eigenvalue weighted by Gasteiger charge is -2.38. The van der Waals surface area contributed by atoms with Crippen molar-refractivity contribution in [3.8, 4) is 0 Å². The summed E-state index contributed by atoms with van der Waals surface area (Å²) in [5.74, 6) is -1.05. The van der Waals surface area contributed by atoms with Gasteiger partial charge in [-0.2, -0.15) is 0 Å². The molecule has 1 spiro atoms. The first-order valence-electron chi connectivity index (χ1n) is 10.2. The van der Waals surface area contributed by atoms with E-state index >= 15 is 0 Å². The molecule has 11 heteroatoms. The fourth-order valence-electron chi connectivity index (χ4n) is 5.41. The summed E-state index contributed by atoms with van der Waals surface area (Å²) in [5.41, 5.74) is 0.0813. The first kappa shape index (κ1) is 21.9. The van der Waals surface area contributed by atoms with Crippen LogP contribution in [0.5, 0.6) is 0 Å². The van der Waals surface area contributed by atoms with Crippen molar-refractivity contribution in [2.75, 3.05) is 18.5 Å². The van der Waals surface area contributed by atoms with E-state index in [-0.39, 0.29) is 10.3 Å². The van der Waals surface area contributed by atoms with Crippen LogP contribution >= 0.6 is 34.8 Å². The summed E-state index contributed by atoms with van der Waals surface area (Å²) in [7, 11) is 0. The van der Waals surface area contributed by atoms with Crippen LogP contribution in [0.1, 0.15) is 29.9 Å². The largest absolute Gasteiger partial charge is 0.394 e. The van der Waals surface area contributed by atoms with Crippen LogP contribution in [0.4, 0.5) is 5.69 Å². The minimum atomic E-state index is -1.43. The molecule has 2 aliphatic heterocycles. The molecule has 32 heavy (non-hydrogen) atoms. The highest BCUT2D eigenvalue weighted by atomic mass is 35.5. The number of halogens is 3. The van der Waals surface area contributed by atoms with Crippen LogP contribution in [-0.2, 0) is 10.3 Å². The van der Waals surface area contributed by atoms with Crippen LogP contribution in [0.3, 0.4) is 0 Å². The van der Waals surface area contributed by atoms with Crippen molar-refractivity contribution in [1.29, 1.82) is 0 Å². The van der Waals surface area contributed by atoms with Crippen molar-refractivity contribution in [1.82, 2.24) is 9.88 Å². The Hall–Kier alpha value is -1.97. The highest BCUT2D eigenvalue weighted by Crippen LogP contribution is 2.58. The van der Waals surface area contributed by atoms with Crippen molar-refractivity contribution < 1.29 is 14.8 Å². The molecule has 1 saturated carbocycles. The number of aromatic nitrogens is 1. The number of aliphatic hydroxyl groups excluding tert-OH is 1. The maximum absolute atomic E-state index is 13.8. The first-order chi connectivity index (χ1) is 15.3. The van der Waals surface area contributed by atoms with E-state index in [0.29, 0.717) is 34.3 Å². The van der Waals surface area contributed by atoms with Crippen LogP contribution in [0.2, 0.25) is 15.3 Å². The molecule has 3 aliphatic rings. The van der Waals surface area contributed by atoms with E-state index in [0.717, 1.165) is 12.8 Å². The lowest BCUT2D eigenvalue weighted by Crippen LogP contribution is -2.53. The Bertz CT molecular complexity index is 1110. The zero-order valence-electron chi connectivity index (χ0n) is 16.7. The Morgan fingerprint density at radius 3 is 2.50 bits per heavy atom. The maximum atomic E-state index is 13.8. The number of likely N-dealkylation sites (tertiary alicyclic amines) is 1. The van der Waals surface area contributed by atoms with Gasteiger partial charge in [-0.15, -0.1) is 0 Å². The number of aliphatic hydroxyl groups is 1. The van der Waals surface area contributed by atoms with Gasteiger partial charge < -0.3 is 10.4 Å². The molecule has 0 bridgehead atoms. The van der Waals surface area contributed by atoms with Crippen LogP contribution in [-0.4, -0.2) is 51.1 Å². The zero-order valence-corrected chi connectivity index (χ0v) is 18.9. The number of fused-ring (bicyclic) bond motifs is 2. The van der Waals surface area contributed by atoms with E-state index in [1.165, 1.54) is 12.1 Å². The number of carbonyl (C=O) groups excluding carboxylic acids is 1. The molecule has 5 rings (SSSR count). The summed E-state index contributed by atoms with van der Waals surface area (Å²) in [6.45, 7) is -0.0204. The van der Waals surface area contributed by atoms with Gasteiger partial charge in [-0.25, -0.2) is 4.98 Å². The summed E-state index contributed by atoms with van der Waals surface area (Å²) < 4.78 is 0. The van der Waals surface area contributed by atoms with Crippen LogP contribution in [0, 0.1) is 16.0 Å². The Labute approximate surface area is 198 Å². The Kier molecular flexibility index (Phi) is 5.34. The zero-order chi connectivity index (χ0) is 22.8. The van der Waals surface area contributed by atoms with E-state index in [9.17, 15) is 20.0 Å². The van der Waals surface area contributed by atoms with Crippen molar-refractivity contribution in [2.24, 2.45) is 5.92 Å². The summed E-state index contributed by atoms with van der Waals surface area (Å²) in [4.78, 5) is 31.6. The van der Waals surface area contributed by atoms with Gasteiger partial charge in [-0.05, 0) is 48.6 Å². The Morgan fingerprint density at radius 2 is 1.91 bits per heavy atom. The van der Waals surface area contributed by atoms with Gasteiger partial charge >= 0.3 is 0 Å². The third kappa shape index (κ3) is 3.20. The quantitative estimate of drug-likeness (QED) is 0.370. The minimum absolute atomic E-state index is 0.0701. The van der Waals surface area contributed by atoms with Gasteiger partial charge in [0.05, 0.1) is 12.5 Å². The summed E-state index contributed by atoms with van der Waals surface area (Å²) in [5, 5.41) is 26.2. The molecule has 2 aromatic rings. The number of nitrogens with one attached hydrogen (secondary N) is 1. The highest BCUT2D eigenvalue weighted by Gasteiger charge is 2.71. The molecule has 4 atom stereocenters. The van der Waals surface area contributed by atoms with E-state index in [4.69, 9.17) is 34.8 Å². The second-order valence-corrected chi connectivity index (χ2v) is 9.77. The van der Waals surface area contributed by atoms with Gasteiger partial charge in [0.1, 0.15) is 21.9 Å². The fourth-order valence-corrected chi connectivity index (χ4v) is 6.06. The molecule has 8 nitrogen and oxygen atoms in total. The molecule has 168 valence electrons. The third-order valence-electron chi connectivity index (χ3n) is 6.75. The molecule has 0 radical (unpaired) electrons. The molecule has 0 unspecified atom stereocenters. The molecule has 1 saturated heterocycles. The molecule has 2 fully saturated rings. The lowest BCUT2D eigenvalue weighted by atomic mass is 9.74. The molecular weight excluding hydrogens is 479 g/mol. The average molecular weight is 498 g/mol. The Balaban J connectivity index is 1.82. The van der Waals surface area contributed by atoms with Crippen LogP contribution < -0.4 is 5.32 Å². The van der Waals surface area contributed by atoms with Gasteiger partial charge in [0.2, 0.25) is 6.04 Å². The summed E-state index contributed by atoms with van der Waals surface area (Å²) >= 11 is 18.5. The number of nitro groups is 1. The smallest absolute Gasteiger partial charge is 0.250 e. The number of nitrogens with zero attached hydrogens (tertiary/aromatic N) is 3. The van der Waals surface area contributed by atoms with Crippen molar-refractivity contribution in [3.63, 3.8) is 0 Å². The predicted octanol–water partition coefficient (Wildman–Crippen LogP) is 3.70. The molecule has 1 amide bonds. The van der Waals surface area contributed by atoms with Crippen molar-refractivity contribution in [3.05, 3.63) is 66.9 Å². The summed E-state index contributed by atoms with van der Waals surface area (Å²) in [6, 6.07) is 5.88. The highest BCUT2D eigenvalue weighted by molar-refractivity contribution is 6.32. The lowest BCUT2D eigenvalue weighted by molar-refractivity contribution is -0.528. The second kappa shape index (κ2) is 7.81. The Morgan fingerprint density at radius 1 is 1.22 bits per heavy atom. The van der Waals surface area contributed by atoms with Crippen LogP contribution in [0.25, 0.3) is 0 Å². The number of benzene rings is 1. The standard InChI is InChI=1S/C21H19Cl3N4O4/c22-12-3-4-13-14(7-12)25-20(30)21(13)18(11-5-16(23)26-17(24)6-11)19(28(31)32)15(9-29)27(21)8-10-1-2-10/h3-7,10,15,18-19,29H,1-2,8-9H2,(H,25,30)/t15-,18-,19+,21+/m0/s1. The van der Waals surface area contributed by atoms with E-state index in [2.05, 4.69) is 10.3 Å². The summed E-state index contributed by atoms with van der Waals surface area (Å²) in [6.07, 6.45) is 1.95. The molecule has 2 N–H and O–H groups in total. The van der Waals surface area contributed by atoms with E-state index < -0.39 is 41.0 Å². The molecule has 1 aliphatic carbocycles. The first-order valence-corrected chi connectivity index (χ1v) is 11.4. The second-order valence-electron chi connectivity index (χ2n) is 8.56. The topological polar surface area (TPSA) is 109 Å². The predicted molar refractivity (Wildman–Crippen MR) is 120 cm³/mol. The minimum Gasteiger partial charge on any atom is -0.394 e. The van der Waals surface area contributed by atoms with Gasteiger partial charge in [0, 0.05) is 27.7 Å². The molecule has 1 aromatic carbocycles. The van der Waals surface area contributed by atoms with Gasteiger partial charge in [0.15, 0.2) is 0 Å². The molecule has 3 heterocycles. The van der Waals surface area contributed by atoms with Gasteiger partial charge in [-0.3, -0.25) is 19.8 Å².